The molecule has 0 radical (unpaired) electrons. The molecule has 2 aromatic carbocycles. The van der Waals surface area contributed by atoms with Gasteiger partial charge in [0.1, 0.15) is 5.82 Å². The van der Waals surface area contributed by atoms with Crippen LogP contribution in [0.15, 0.2) is 59.8 Å². The predicted octanol–water partition coefficient (Wildman–Crippen LogP) is 4.09. The van der Waals surface area contributed by atoms with E-state index in [1.807, 2.05) is 22.8 Å². The summed E-state index contributed by atoms with van der Waals surface area (Å²) in [5, 5.41) is 12.8. The number of hydrogen-bond donors (Lipinski definition) is 1. The average molecular weight is 431 g/mol. The number of nitrogens with one attached hydrogen (secondary N) is 1. The van der Waals surface area contributed by atoms with E-state index in [0.29, 0.717) is 23.9 Å². The lowest BCUT2D eigenvalue weighted by Crippen LogP contribution is -2.15. The van der Waals surface area contributed by atoms with Gasteiger partial charge in [-0.3, -0.25) is 4.79 Å². The van der Waals surface area contributed by atoms with Gasteiger partial charge in [-0.05, 0) is 36.2 Å². The molecular formula is C21H23ClN4O2S. The lowest BCUT2D eigenvalue weighted by atomic mass is 10.1. The Bertz CT molecular complexity index is 916. The fourth-order valence-electron chi connectivity index (χ4n) is 2.78. The molecule has 152 valence electrons. The summed E-state index contributed by atoms with van der Waals surface area (Å²) < 4.78 is 7.26. The molecule has 0 spiro atoms. The fraction of sp³-hybridized carbons (Fsp3) is 0.286. The number of halogens is 1. The van der Waals surface area contributed by atoms with Crippen LogP contribution in [0.2, 0.25) is 5.02 Å². The number of rotatable bonds is 10. The Morgan fingerprint density at radius 1 is 1.10 bits per heavy atom. The van der Waals surface area contributed by atoms with Crippen molar-refractivity contribution in [1.29, 1.82) is 0 Å². The summed E-state index contributed by atoms with van der Waals surface area (Å²) in [5.41, 5.74) is 1.97. The molecule has 0 unspecified atom stereocenters. The first-order valence-electron chi connectivity index (χ1n) is 9.29. The highest BCUT2D eigenvalue weighted by Gasteiger charge is 2.14. The molecule has 0 aliphatic carbocycles. The van der Waals surface area contributed by atoms with Gasteiger partial charge in [0.05, 0.1) is 12.4 Å². The monoisotopic (exact) mass is 430 g/mol. The van der Waals surface area contributed by atoms with Gasteiger partial charge in [0.25, 0.3) is 0 Å². The molecule has 0 aliphatic heterocycles. The third-order valence-corrected chi connectivity index (χ3v) is 5.47. The molecule has 3 rings (SSSR count). The van der Waals surface area contributed by atoms with Crippen molar-refractivity contribution >= 4 is 35.0 Å². The maximum absolute atomic E-state index is 12.3. The summed E-state index contributed by atoms with van der Waals surface area (Å²) in [6.45, 7) is 1.20. The van der Waals surface area contributed by atoms with Crippen molar-refractivity contribution in [3.8, 4) is 0 Å². The second kappa shape index (κ2) is 11.0. The zero-order valence-corrected chi connectivity index (χ0v) is 17.7. The first-order valence-corrected chi connectivity index (χ1v) is 10.6. The highest BCUT2D eigenvalue weighted by molar-refractivity contribution is 7.99. The van der Waals surface area contributed by atoms with Gasteiger partial charge in [-0.2, -0.15) is 0 Å². The van der Waals surface area contributed by atoms with E-state index in [4.69, 9.17) is 16.3 Å². The molecule has 1 amide bonds. The molecule has 8 heteroatoms. The SMILES string of the molecule is COCCn1c(CCc2ccccc2)nnc1SCC(=O)Nc1ccc(Cl)cc1. The maximum atomic E-state index is 12.3. The Kier molecular flexibility index (Phi) is 8.10. The second-order valence-corrected chi connectivity index (χ2v) is 7.75. The number of hydrogen-bond acceptors (Lipinski definition) is 5. The van der Waals surface area contributed by atoms with E-state index in [2.05, 4.69) is 27.6 Å². The Hall–Kier alpha value is -2.35. The summed E-state index contributed by atoms with van der Waals surface area (Å²) in [6, 6.07) is 17.3. The van der Waals surface area contributed by atoms with Crippen molar-refractivity contribution in [1.82, 2.24) is 14.8 Å². The number of carbonyl (C=O) groups is 1. The molecule has 0 fully saturated rings. The molecule has 0 aliphatic rings. The first kappa shape index (κ1) is 21.4. The van der Waals surface area contributed by atoms with Crippen LogP contribution < -0.4 is 5.32 Å². The predicted molar refractivity (Wildman–Crippen MR) is 117 cm³/mol. The Morgan fingerprint density at radius 2 is 1.86 bits per heavy atom. The van der Waals surface area contributed by atoms with E-state index in [1.54, 1.807) is 31.4 Å². The number of aromatic nitrogens is 3. The number of thioether (sulfide) groups is 1. The summed E-state index contributed by atoms with van der Waals surface area (Å²) in [5.74, 6) is 1.03. The zero-order chi connectivity index (χ0) is 20.5. The van der Waals surface area contributed by atoms with Crippen LogP contribution in [-0.4, -0.2) is 40.1 Å². The minimum atomic E-state index is -0.107. The van der Waals surface area contributed by atoms with Crippen LogP contribution in [0.25, 0.3) is 0 Å². The van der Waals surface area contributed by atoms with Gasteiger partial charge in [0.15, 0.2) is 5.16 Å². The van der Waals surface area contributed by atoms with Crippen LogP contribution in [0.4, 0.5) is 5.69 Å². The Balaban J connectivity index is 1.60. The van der Waals surface area contributed by atoms with E-state index < -0.39 is 0 Å². The van der Waals surface area contributed by atoms with Crippen molar-refractivity contribution < 1.29 is 9.53 Å². The largest absolute Gasteiger partial charge is 0.383 e. The molecule has 1 N–H and O–H groups in total. The number of carbonyl (C=O) groups excluding carboxylic acids is 1. The standard InChI is InChI=1S/C21H23ClN4O2S/c1-28-14-13-26-19(12-7-16-5-3-2-4-6-16)24-25-21(26)29-15-20(27)23-18-10-8-17(22)9-11-18/h2-6,8-11H,7,12-15H2,1H3,(H,23,27). The smallest absolute Gasteiger partial charge is 0.234 e. The van der Waals surface area contributed by atoms with Crippen LogP contribution >= 0.6 is 23.4 Å². The third-order valence-electron chi connectivity index (χ3n) is 4.25. The van der Waals surface area contributed by atoms with Gasteiger partial charge in [-0.15, -0.1) is 10.2 Å². The van der Waals surface area contributed by atoms with Crippen LogP contribution in [-0.2, 0) is 28.9 Å². The molecule has 0 saturated carbocycles. The minimum absolute atomic E-state index is 0.107. The topological polar surface area (TPSA) is 69.0 Å². The summed E-state index contributed by atoms with van der Waals surface area (Å²) in [6.07, 6.45) is 1.66. The highest BCUT2D eigenvalue weighted by atomic mass is 35.5. The van der Waals surface area contributed by atoms with Crippen molar-refractivity contribution in [2.24, 2.45) is 0 Å². The van der Waals surface area contributed by atoms with E-state index in [0.717, 1.165) is 23.8 Å². The Labute approximate surface area is 179 Å². The zero-order valence-electron chi connectivity index (χ0n) is 16.2. The lowest BCUT2D eigenvalue weighted by Gasteiger charge is -2.10. The van der Waals surface area contributed by atoms with Gasteiger partial charge in [0.2, 0.25) is 5.91 Å². The normalized spacial score (nSPS) is 10.8. The van der Waals surface area contributed by atoms with Crippen LogP contribution in [0.3, 0.4) is 0 Å². The fourth-order valence-corrected chi connectivity index (χ4v) is 3.69. The maximum Gasteiger partial charge on any atom is 0.234 e. The van der Waals surface area contributed by atoms with E-state index in [-0.39, 0.29) is 11.7 Å². The lowest BCUT2D eigenvalue weighted by molar-refractivity contribution is -0.113. The van der Waals surface area contributed by atoms with Crippen LogP contribution in [0.5, 0.6) is 0 Å². The van der Waals surface area contributed by atoms with Crippen LogP contribution in [0.1, 0.15) is 11.4 Å². The van der Waals surface area contributed by atoms with Gasteiger partial charge in [-0.25, -0.2) is 0 Å². The van der Waals surface area contributed by atoms with Crippen molar-refractivity contribution in [2.45, 2.75) is 24.5 Å². The minimum Gasteiger partial charge on any atom is -0.383 e. The average Bonchev–Trinajstić information content (AvgIpc) is 3.13. The highest BCUT2D eigenvalue weighted by Crippen LogP contribution is 2.19. The quantitative estimate of drug-likeness (QED) is 0.490. The Morgan fingerprint density at radius 3 is 2.59 bits per heavy atom. The van der Waals surface area contributed by atoms with Crippen molar-refractivity contribution in [2.75, 3.05) is 24.8 Å². The van der Waals surface area contributed by atoms with Gasteiger partial charge in [-0.1, -0.05) is 53.7 Å². The van der Waals surface area contributed by atoms with E-state index >= 15 is 0 Å². The molecule has 1 heterocycles. The number of amides is 1. The number of benzene rings is 2. The molecule has 0 saturated heterocycles. The number of methoxy groups -OCH3 is 1. The second-order valence-electron chi connectivity index (χ2n) is 6.37. The number of aryl methyl sites for hydroxylation is 2. The number of nitrogens with zero attached hydrogens (tertiary/aromatic N) is 3. The summed E-state index contributed by atoms with van der Waals surface area (Å²) in [7, 11) is 1.67. The van der Waals surface area contributed by atoms with Gasteiger partial charge >= 0.3 is 0 Å². The molecule has 1 aromatic heterocycles. The van der Waals surface area contributed by atoms with Gasteiger partial charge in [0, 0.05) is 30.8 Å². The molecule has 29 heavy (non-hydrogen) atoms. The molecule has 0 atom stereocenters. The molecular weight excluding hydrogens is 408 g/mol. The van der Waals surface area contributed by atoms with Crippen molar-refractivity contribution in [3.05, 3.63) is 71.0 Å². The summed E-state index contributed by atoms with van der Waals surface area (Å²) in [4.78, 5) is 12.3. The van der Waals surface area contributed by atoms with Crippen molar-refractivity contribution in [3.63, 3.8) is 0 Å². The van der Waals surface area contributed by atoms with Crippen LogP contribution in [0, 0.1) is 0 Å². The number of ether oxygens (including phenoxy) is 1. The van der Waals surface area contributed by atoms with E-state index in [1.165, 1.54) is 17.3 Å². The molecule has 6 nitrogen and oxygen atoms in total. The molecule has 0 bridgehead atoms. The first-order chi connectivity index (χ1) is 14.2. The summed E-state index contributed by atoms with van der Waals surface area (Å²) >= 11 is 7.24. The third kappa shape index (κ3) is 6.59. The van der Waals surface area contributed by atoms with E-state index in [9.17, 15) is 4.79 Å². The van der Waals surface area contributed by atoms with Gasteiger partial charge < -0.3 is 14.6 Å². The number of anilines is 1. The molecule has 3 aromatic rings.